The zero-order chi connectivity index (χ0) is 17.1. The molecule has 4 bridgehead atoms. The SMILES string of the molecule is Cc1nn(C)c(C)c1C(=O)C(=O)NCC12CC3CC(CC(C3)C1)C2. The molecule has 0 unspecified atom stereocenters. The maximum Gasteiger partial charge on any atom is 0.292 e. The summed E-state index contributed by atoms with van der Waals surface area (Å²) in [4.78, 5) is 25.0. The Morgan fingerprint density at radius 2 is 1.67 bits per heavy atom. The molecule has 0 aromatic carbocycles. The van der Waals surface area contributed by atoms with E-state index in [0.717, 1.165) is 23.4 Å². The summed E-state index contributed by atoms with van der Waals surface area (Å²) in [5.41, 5.74) is 2.09. The Labute approximate surface area is 143 Å². The Hall–Kier alpha value is -1.65. The lowest BCUT2D eigenvalue weighted by Crippen LogP contribution is -2.51. The number of carbonyl (C=O) groups is 2. The van der Waals surface area contributed by atoms with Crippen LogP contribution >= 0.6 is 0 Å². The zero-order valence-electron chi connectivity index (χ0n) is 14.9. The van der Waals surface area contributed by atoms with Crippen molar-refractivity contribution in [1.29, 1.82) is 0 Å². The molecule has 4 fully saturated rings. The first-order chi connectivity index (χ1) is 11.4. The molecule has 0 radical (unpaired) electrons. The van der Waals surface area contributed by atoms with Crippen molar-refractivity contribution in [1.82, 2.24) is 15.1 Å². The number of ketones is 1. The fraction of sp³-hybridized carbons (Fsp3) is 0.737. The molecule has 1 aromatic heterocycles. The van der Waals surface area contributed by atoms with Gasteiger partial charge in [0.2, 0.25) is 0 Å². The third-order valence-electron chi connectivity index (χ3n) is 6.73. The van der Waals surface area contributed by atoms with Gasteiger partial charge in [0.05, 0.1) is 11.3 Å². The molecule has 1 heterocycles. The quantitative estimate of drug-likeness (QED) is 0.682. The van der Waals surface area contributed by atoms with Crippen molar-refractivity contribution in [3.63, 3.8) is 0 Å². The fourth-order valence-corrected chi connectivity index (χ4v) is 6.07. The maximum atomic E-state index is 12.6. The van der Waals surface area contributed by atoms with Crippen molar-refractivity contribution < 1.29 is 9.59 Å². The topological polar surface area (TPSA) is 64.0 Å². The van der Waals surface area contributed by atoms with Crippen LogP contribution in [0.25, 0.3) is 0 Å². The number of nitrogens with zero attached hydrogens (tertiary/aromatic N) is 2. The van der Waals surface area contributed by atoms with E-state index >= 15 is 0 Å². The van der Waals surface area contributed by atoms with E-state index < -0.39 is 11.7 Å². The van der Waals surface area contributed by atoms with Crippen LogP contribution in [0.4, 0.5) is 0 Å². The van der Waals surface area contributed by atoms with Gasteiger partial charge in [-0.25, -0.2) is 0 Å². The molecular weight excluding hydrogens is 302 g/mol. The van der Waals surface area contributed by atoms with Gasteiger partial charge in [-0.3, -0.25) is 14.3 Å². The lowest BCUT2D eigenvalue weighted by atomic mass is 9.49. The minimum absolute atomic E-state index is 0.254. The normalized spacial score (nSPS) is 33.7. The Balaban J connectivity index is 1.44. The summed E-state index contributed by atoms with van der Waals surface area (Å²) in [6.07, 6.45) is 7.87. The number of hydrogen-bond acceptors (Lipinski definition) is 3. The summed E-state index contributed by atoms with van der Waals surface area (Å²) in [5, 5.41) is 7.22. The molecule has 0 spiro atoms. The zero-order valence-corrected chi connectivity index (χ0v) is 14.9. The molecule has 1 N–H and O–H groups in total. The minimum atomic E-state index is -0.468. The summed E-state index contributed by atoms with van der Waals surface area (Å²) in [6.45, 7) is 4.28. The number of hydrogen-bond donors (Lipinski definition) is 1. The molecule has 0 aliphatic heterocycles. The monoisotopic (exact) mass is 329 g/mol. The number of carbonyl (C=O) groups excluding carboxylic acids is 2. The molecule has 5 heteroatoms. The lowest BCUT2D eigenvalue weighted by molar-refractivity contribution is -0.119. The molecular formula is C19H27N3O2. The van der Waals surface area contributed by atoms with Crippen molar-refractivity contribution >= 4 is 11.7 Å². The average Bonchev–Trinajstić information content (AvgIpc) is 2.76. The van der Waals surface area contributed by atoms with E-state index in [9.17, 15) is 9.59 Å². The van der Waals surface area contributed by atoms with Crippen molar-refractivity contribution in [2.45, 2.75) is 52.4 Å². The Bertz CT molecular complexity index is 668. The Morgan fingerprint density at radius 1 is 1.12 bits per heavy atom. The highest BCUT2D eigenvalue weighted by atomic mass is 16.2. The van der Waals surface area contributed by atoms with Crippen molar-refractivity contribution in [2.75, 3.05) is 6.54 Å². The summed E-state index contributed by atoms with van der Waals surface area (Å²) in [6, 6.07) is 0. The number of aromatic nitrogens is 2. The summed E-state index contributed by atoms with van der Waals surface area (Å²) >= 11 is 0. The van der Waals surface area contributed by atoms with Gasteiger partial charge in [0, 0.05) is 19.3 Å². The second-order valence-corrected chi connectivity index (χ2v) is 8.60. The van der Waals surface area contributed by atoms with Gasteiger partial charge in [-0.1, -0.05) is 0 Å². The van der Waals surface area contributed by atoms with Gasteiger partial charge in [0.1, 0.15) is 0 Å². The Morgan fingerprint density at radius 3 is 2.12 bits per heavy atom. The van der Waals surface area contributed by atoms with Gasteiger partial charge in [0.15, 0.2) is 0 Å². The van der Waals surface area contributed by atoms with Gasteiger partial charge in [-0.05, 0) is 75.5 Å². The van der Waals surface area contributed by atoms with E-state index in [4.69, 9.17) is 0 Å². The van der Waals surface area contributed by atoms with Crippen LogP contribution in [0.1, 0.15) is 60.3 Å². The highest BCUT2D eigenvalue weighted by molar-refractivity contribution is 6.43. The number of amides is 1. The lowest BCUT2D eigenvalue weighted by Gasteiger charge is -2.56. The number of rotatable bonds is 4. The molecule has 1 aromatic rings. The number of nitrogens with one attached hydrogen (secondary N) is 1. The minimum Gasteiger partial charge on any atom is -0.349 e. The molecule has 5 nitrogen and oxygen atoms in total. The van der Waals surface area contributed by atoms with Crippen LogP contribution in [0, 0.1) is 37.0 Å². The van der Waals surface area contributed by atoms with Gasteiger partial charge in [-0.15, -0.1) is 0 Å². The van der Waals surface area contributed by atoms with E-state index in [1.807, 2.05) is 6.92 Å². The summed E-state index contributed by atoms with van der Waals surface area (Å²) < 4.78 is 1.66. The van der Waals surface area contributed by atoms with E-state index in [1.165, 1.54) is 38.5 Å². The van der Waals surface area contributed by atoms with Gasteiger partial charge >= 0.3 is 0 Å². The molecule has 5 rings (SSSR count). The largest absolute Gasteiger partial charge is 0.349 e. The van der Waals surface area contributed by atoms with Crippen LogP contribution in [0.3, 0.4) is 0 Å². The van der Waals surface area contributed by atoms with E-state index in [0.29, 0.717) is 17.8 Å². The highest BCUT2D eigenvalue weighted by Crippen LogP contribution is 2.59. The first-order valence-electron chi connectivity index (χ1n) is 9.19. The standard InChI is InChI=1S/C19H27N3O2/c1-11-16(12(2)22(3)21-11)17(23)18(24)20-10-19-7-13-4-14(8-19)6-15(5-13)9-19/h13-15H,4-10H2,1-3H3,(H,20,24). The summed E-state index contributed by atoms with van der Waals surface area (Å²) in [5.74, 6) is 1.65. The van der Waals surface area contributed by atoms with Crippen LogP contribution in [-0.4, -0.2) is 28.0 Å². The van der Waals surface area contributed by atoms with Crippen LogP contribution in [-0.2, 0) is 11.8 Å². The second-order valence-electron chi connectivity index (χ2n) is 8.60. The van der Waals surface area contributed by atoms with E-state index in [2.05, 4.69) is 10.4 Å². The third kappa shape index (κ3) is 2.49. The third-order valence-corrected chi connectivity index (χ3v) is 6.73. The molecule has 1 amide bonds. The summed E-state index contributed by atoms with van der Waals surface area (Å²) in [7, 11) is 1.80. The first kappa shape index (κ1) is 15.9. The molecule has 130 valence electrons. The molecule has 4 aliphatic carbocycles. The molecule has 0 saturated heterocycles. The number of aryl methyl sites for hydroxylation is 2. The van der Waals surface area contributed by atoms with Gasteiger partial charge in [-0.2, -0.15) is 5.10 Å². The smallest absolute Gasteiger partial charge is 0.292 e. The second kappa shape index (κ2) is 5.43. The van der Waals surface area contributed by atoms with Crippen LogP contribution < -0.4 is 5.32 Å². The molecule has 4 saturated carbocycles. The Kier molecular flexibility index (Phi) is 3.59. The van der Waals surface area contributed by atoms with Gasteiger partial charge < -0.3 is 5.32 Å². The van der Waals surface area contributed by atoms with Crippen LogP contribution in [0.5, 0.6) is 0 Å². The van der Waals surface area contributed by atoms with Crippen molar-refractivity contribution in [3.8, 4) is 0 Å². The molecule has 24 heavy (non-hydrogen) atoms. The van der Waals surface area contributed by atoms with E-state index in [1.54, 1.807) is 18.7 Å². The van der Waals surface area contributed by atoms with E-state index in [-0.39, 0.29) is 5.41 Å². The fourth-order valence-electron chi connectivity index (χ4n) is 6.07. The average molecular weight is 329 g/mol. The maximum absolute atomic E-state index is 12.6. The van der Waals surface area contributed by atoms with Crippen molar-refractivity contribution in [2.24, 2.45) is 30.2 Å². The number of Topliss-reactive ketones (excluding diaryl/α,β-unsaturated/α-hetero) is 1. The molecule has 4 aliphatic rings. The predicted octanol–water partition coefficient (Wildman–Crippen LogP) is 2.55. The molecule has 0 atom stereocenters. The van der Waals surface area contributed by atoms with Crippen molar-refractivity contribution in [3.05, 3.63) is 17.0 Å². The van der Waals surface area contributed by atoms with Gasteiger partial charge in [0.25, 0.3) is 11.7 Å². The van der Waals surface area contributed by atoms with Crippen LogP contribution in [0.2, 0.25) is 0 Å². The predicted molar refractivity (Wildman–Crippen MR) is 90.6 cm³/mol. The van der Waals surface area contributed by atoms with Crippen LogP contribution in [0.15, 0.2) is 0 Å². The first-order valence-corrected chi connectivity index (χ1v) is 9.19. The highest BCUT2D eigenvalue weighted by Gasteiger charge is 2.50.